The van der Waals surface area contributed by atoms with Gasteiger partial charge in [-0.25, -0.2) is 4.98 Å². The van der Waals surface area contributed by atoms with Crippen LogP contribution >= 0.6 is 11.6 Å². The number of hydrogen-bond acceptors (Lipinski definition) is 6. The number of nitrogens with zero attached hydrogens (tertiary/aromatic N) is 4. The number of nitrogen functional groups attached to an aromatic ring is 1. The molecule has 2 amide bonds. The van der Waals surface area contributed by atoms with Gasteiger partial charge in [0.2, 0.25) is 5.91 Å². The minimum Gasteiger partial charge on any atom is -0.397 e. The van der Waals surface area contributed by atoms with Crippen molar-refractivity contribution < 1.29 is 9.59 Å². The molecule has 2 aromatic rings. The van der Waals surface area contributed by atoms with Crippen molar-refractivity contribution in [2.75, 3.05) is 61.3 Å². The van der Waals surface area contributed by atoms with E-state index in [1.54, 1.807) is 12.3 Å². The van der Waals surface area contributed by atoms with Gasteiger partial charge in [-0.05, 0) is 43.2 Å². The first-order chi connectivity index (χ1) is 15.5. The topological polar surface area (TPSA) is 94.8 Å². The maximum absolute atomic E-state index is 12.5. The van der Waals surface area contributed by atoms with Gasteiger partial charge in [0.05, 0.1) is 16.4 Å². The van der Waals surface area contributed by atoms with Crippen LogP contribution in [0.3, 0.4) is 0 Å². The smallest absolute Gasteiger partial charge is 0.251 e. The Morgan fingerprint density at radius 3 is 2.59 bits per heavy atom. The molecule has 0 unspecified atom stereocenters. The molecule has 1 aromatic heterocycles. The maximum Gasteiger partial charge on any atom is 0.251 e. The first kappa shape index (κ1) is 22.2. The van der Waals surface area contributed by atoms with E-state index in [0.29, 0.717) is 35.8 Å². The third kappa shape index (κ3) is 5.07. The molecule has 0 radical (unpaired) electrons. The number of nitrogens with two attached hydrogens (primary N) is 1. The Balaban J connectivity index is 1.28. The highest BCUT2D eigenvalue weighted by Gasteiger charge is 2.22. The number of piperazine rings is 1. The summed E-state index contributed by atoms with van der Waals surface area (Å²) in [4.78, 5) is 34.8. The highest BCUT2D eigenvalue weighted by molar-refractivity contribution is 6.32. The molecule has 4 rings (SSSR count). The number of aromatic nitrogens is 1. The van der Waals surface area contributed by atoms with E-state index in [0.717, 1.165) is 57.1 Å². The molecular formula is C23H29ClN6O2. The second kappa shape index (κ2) is 10.1. The summed E-state index contributed by atoms with van der Waals surface area (Å²) in [5.41, 5.74) is 8.36. The number of amides is 2. The summed E-state index contributed by atoms with van der Waals surface area (Å²) in [5, 5.41) is 3.58. The first-order valence-electron chi connectivity index (χ1n) is 11.1. The van der Waals surface area contributed by atoms with Crippen LogP contribution in [0.1, 0.15) is 29.6 Å². The molecule has 8 nitrogen and oxygen atoms in total. The molecule has 0 atom stereocenters. The lowest BCUT2D eigenvalue weighted by atomic mass is 10.1. The van der Waals surface area contributed by atoms with E-state index in [1.165, 1.54) is 0 Å². The van der Waals surface area contributed by atoms with Gasteiger partial charge in [0, 0.05) is 64.0 Å². The Morgan fingerprint density at radius 1 is 1.12 bits per heavy atom. The molecule has 3 heterocycles. The van der Waals surface area contributed by atoms with Gasteiger partial charge in [-0.3, -0.25) is 9.59 Å². The van der Waals surface area contributed by atoms with Crippen molar-refractivity contribution in [2.24, 2.45) is 0 Å². The molecule has 0 spiro atoms. The van der Waals surface area contributed by atoms with Crippen molar-refractivity contribution in [1.82, 2.24) is 15.2 Å². The summed E-state index contributed by atoms with van der Waals surface area (Å²) in [5.74, 6) is 0.872. The molecule has 2 fully saturated rings. The summed E-state index contributed by atoms with van der Waals surface area (Å²) in [6, 6.07) is 9.14. The zero-order valence-electron chi connectivity index (χ0n) is 18.1. The van der Waals surface area contributed by atoms with Gasteiger partial charge in [-0.1, -0.05) is 11.6 Å². The van der Waals surface area contributed by atoms with E-state index >= 15 is 0 Å². The predicted molar refractivity (Wildman–Crippen MR) is 127 cm³/mol. The molecular weight excluding hydrogens is 428 g/mol. The van der Waals surface area contributed by atoms with Crippen molar-refractivity contribution in [3.63, 3.8) is 0 Å². The van der Waals surface area contributed by atoms with E-state index in [1.807, 2.05) is 29.2 Å². The fourth-order valence-electron chi connectivity index (χ4n) is 4.27. The first-order valence-corrected chi connectivity index (χ1v) is 11.5. The second-order valence-electron chi connectivity index (χ2n) is 8.15. The SMILES string of the molecule is Nc1cc(C(=O)NCCCN2CCCC2=O)ccc1N1CCN(c2ncccc2Cl)CC1. The molecule has 3 N–H and O–H groups in total. The second-order valence-corrected chi connectivity index (χ2v) is 8.56. The van der Waals surface area contributed by atoms with Gasteiger partial charge in [-0.15, -0.1) is 0 Å². The number of halogens is 1. The molecule has 170 valence electrons. The quantitative estimate of drug-likeness (QED) is 0.490. The number of anilines is 3. The number of benzene rings is 1. The molecule has 2 saturated heterocycles. The Morgan fingerprint density at radius 2 is 1.91 bits per heavy atom. The Labute approximate surface area is 193 Å². The van der Waals surface area contributed by atoms with Crippen LogP contribution in [0.4, 0.5) is 17.2 Å². The van der Waals surface area contributed by atoms with Crippen LogP contribution in [-0.2, 0) is 4.79 Å². The summed E-state index contributed by atoms with van der Waals surface area (Å²) in [7, 11) is 0. The summed E-state index contributed by atoms with van der Waals surface area (Å²) < 4.78 is 0. The van der Waals surface area contributed by atoms with E-state index in [-0.39, 0.29) is 11.8 Å². The molecule has 2 aliphatic heterocycles. The fraction of sp³-hybridized carbons (Fsp3) is 0.435. The van der Waals surface area contributed by atoms with Gasteiger partial charge < -0.3 is 25.8 Å². The predicted octanol–water partition coefficient (Wildman–Crippen LogP) is 2.39. The third-order valence-electron chi connectivity index (χ3n) is 6.01. The molecule has 2 aliphatic rings. The van der Waals surface area contributed by atoms with Crippen LogP contribution in [0.2, 0.25) is 5.02 Å². The molecule has 9 heteroatoms. The number of rotatable bonds is 7. The van der Waals surface area contributed by atoms with Crippen molar-refractivity contribution in [2.45, 2.75) is 19.3 Å². The van der Waals surface area contributed by atoms with E-state index in [9.17, 15) is 9.59 Å². The number of likely N-dealkylation sites (tertiary alicyclic amines) is 1. The molecule has 1 aromatic carbocycles. The van der Waals surface area contributed by atoms with E-state index < -0.39 is 0 Å². The Kier molecular flexibility index (Phi) is 6.99. The van der Waals surface area contributed by atoms with E-state index in [2.05, 4.69) is 20.1 Å². The maximum atomic E-state index is 12.5. The molecule has 0 saturated carbocycles. The lowest BCUT2D eigenvalue weighted by molar-refractivity contribution is -0.127. The van der Waals surface area contributed by atoms with Crippen molar-refractivity contribution in [1.29, 1.82) is 0 Å². The number of pyridine rings is 1. The number of nitrogens with one attached hydrogen (secondary N) is 1. The Bertz CT molecular complexity index is 977. The zero-order valence-corrected chi connectivity index (χ0v) is 18.9. The van der Waals surface area contributed by atoms with Gasteiger partial charge >= 0.3 is 0 Å². The average molecular weight is 457 g/mol. The summed E-state index contributed by atoms with van der Waals surface area (Å²) in [6.45, 7) is 5.21. The van der Waals surface area contributed by atoms with Gasteiger partial charge in [0.25, 0.3) is 5.91 Å². The number of hydrogen-bond donors (Lipinski definition) is 2. The van der Waals surface area contributed by atoms with Gasteiger partial charge in [0.15, 0.2) is 0 Å². The van der Waals surface area contributed by atoms with Crippen LogP contribution in [0, 0.1) is 0 Å². The highest BCUT2D eigenvalue weighted by Crippen LogP contribution is 2.28. The molecule has 0 aliphatic carbocycles. The van der Waals surface area contributed by atoms with Crippen LogP contribution in [0.15, 0.2) is 36.5 Å². The average Bonchev–Trinajstić information content (AvgIpc) is 3.21. The normalized spacial score (nSPS) is 16.5. The van der Waals surface area contributed by atoms with Crippen molar-refractivity contribution in [3.8, 4) is 0 Å². The van der Waals surface area contributed by atoms with Crippen molar-refractivity contribution in [3.05, 3.63) is 47.1 Å². The fourth-order valence-corrected chi connectivity index (χ4v) is 4.51. The minimum absolute atomic E-state index is 0.148. The van der Waals surface area contributed by atoms with Crippen LogP contribution in [0.5, 0.6) is 0 Å². The highest BCUT2D eigenvalue weighted by atomic mass is 35.5. The van der Waals surface area contributed by atoms with Gasteiger partial charge in [-0.2, -0.15) is 0 Å². The largest absolute Gasteiger partial charge is 0.397 e. The van der Waals surface area contributed by atoms with E-state index in [4.69, 9.17) is 17.3 Å². The summed E-state index contributed by atoms with van der Waals surface area (Å²) >= 11 is 6.28. The van der Waals surface area contributed by atoms with Crippen molar-refractivity contribution >= 4 is 40.6 Å². The van der Waals surface area contributed by atoms with Gasteiger partial charge in [0.1, 0.15) is 5.82 Å². The standard InChI is InChI=1S/C23H29ClN6O2/c24-18-4-1-8-26-22(18)30-14-12-28(13-15-30)20-7-6-17(16-19(20)25)23(32)27-9-3-11-29-10-2-5-21(29)31/h1,4,6-8,16H,2-3,5,9-15,25H2,(H,27,32). The van der Waals surface area contributed by atoms with Crippen LogP contribution < -0.4 is 20.9 Å². The lowest BCUT2D eigenvalue weighted by Gasteiger charge is -2.37. The monoisotopic (exact) mass is 456 g/mol. The van der Waals surface area contributed by atoms with Crippen LogP contribution in [-0.4, -0.2) is 67.5 Å². The molecule has 32 heavy (non-hydrogen) atoms. The Hall–Kier alpha value is -3.00. The van der Waals surface area contributed by atoms with Crippen LogP contribution in [0.25, 0.3) is 0 Å². The number of carbonyl (C=O) groups is 2. The zero-order chi connectivity index (χ0) is 22.5. The minimum atomic E-state index is -0.148. The molecule has 0 bridgehead atoms. The summed E-state index contributed by atoms with van der Waals surface area (Å²) in [6.07, 6.45) is 4.07. The lowest BCUT2D eigenvalue weighted by Crippen LogP contribution is -2.47. The number of carbonyl (C=O) groups excluding carboxylic acids is 2. The third-order valence-corrected chi connectivity index (χ3v) is 6.31.